The van der Waals surface area contributed by atoms with Crippen LogP contribution in [0.4, 0.5) is 5.69 Å². The summed E-state index contributed by atoms with van der Waals surface area (Å²) in [5.74, 6) is 1.19. The minimum absolute atomic E-state index is 0.0451. The van der Waals surface area contributed by atoms with Gasteiger partial charge < -0.3 is 15.0 Å². The van der Waals surface area contributed by atoms with Crippen molar-refractivity contribution < 1.29 is 9.53 Å². The lowest BCUT2D eigenvalue weighted by Crippen LogP contribution is -2.48. The number of piperidine rings is 1. The second kappa shape index (κ2) is 10.8. The maximum Gasteiger partial charge on any atom is 0.224 e. The number of nitrogens with zero attached hydrogens (tertiary/aromatic N) is 2. The van der Waals surface area contributed by atoms with Crippen LogP contribution in [-0.4, -0.2) is 56.0 Å². The quantitative estimate of drug-likeness (QED) is 0.529. The van der Waals surface area contributed by atoms with E-state index in [0.29, 0.717) is 24.1 Å². The van der Waals surface area contributed by atoms with Gasteiger partial charge in [-0.1, -0.05) is 48.5 Å². The summed E-state index contributed by atoms with van der Waals surface area (Å²) in [6.45, 7) is 3.05. The highest BCUT2D eigenvalue weighted by Crippen LogP contribution is 2.28. The first-order valence-electron chi connectivity index (χ1n) is 11.8. The topological polar surface area (TPSA) is 44.8 Å². The molecule has 0 aromatic heterocycles. The number of benzene rings is 3. The highest BCUT2D eigenvalue weighted by atomic mass is 16.5. The number of amides is 1. The molecule has 1 aliphatic rings. The molecule has 2 atom stereocenters. The molecule has 1 aliphatic heterocycles. The molecule has 1 fully saturated rings. The summed E-state index contributed by atoms with van der Waals surface area (Å²) in [7, 11) is 5.94. The van der Waals surface area contributed by atoms with Crippen LogP contribution in [0.3, 0.4) is 0 Å². The maximum atomic E-state index is 12.7. The van der Waals surface area contributed by atoms with Crippen molar-refractivity contribution in [3.63, 3.8) is 0 Å². The van der Waals surface area contributed by atoms with Gasteiger partial charge in [0.2, 0.25) is 5.91 Å². The Balaban J connectivity index is 1.37. The second-order valence-corrected chi connectivity index (χ2v) is 9.28. The van der Waals surface area contributed by atoms with E-state index in [1.807, 2.05) is 24.3 Å². The van der Waals surface area contributed by atoms with Crippen molar-refractivity contribution in [1.29, 1.82) is 0 Å². The van der Waals surface area contributed by atoms with Crippen molar-refractivity contribution >= 4 is 22.4 Å². The van der Waals surface area contributed by atoms with Crippen molar-refractivity contribution in [2.24, 2.45) is 5.92 Å². The minimum Gasteiger partial charge on any atom is -0.495 e. The van der Waals surface area contributed by atoms with Crippen molar-refractivity contribution in [3.05, 3.63) is 72.3 Å². The predicted octanol–water partition coefficient (Wildman–Crippen LogP) is 5.02. The molecule has 0 saturated carbocycles. The third-order valence-corrected chi connectivity index (χ3v) is 6.78. The molecule has 4 rings (SSSR count). The molecule has 0 spiro atoms. The Morgan fingerprint density at radius 1 is 1.06 bits per heavy atom. The van der Waals surface area contributed by atoms with E-state index >= 15 is 0 Å². The maximum absolute atomic E-state index is 12.7. The zero-order valence-electron chi connectivity index (χ0n) is 20.0. The fourth-order valence-corrected chi connectivity index (χ4v) is 5.07. The van der Waals surface area contributed by atoms with Crippen molar-refractivity contribution in [2.75, 3.05) is 39.6 Å². The molecule has 0 bridgehead atoms. The summed E-state index contributed by atoms with van der Waals surface area (Å²) < 4.78 is 5.36. The number of para-hydroxylation sites is 2. The van der Waals surface area contributed by atoms with Gasteiger partial charge in [0.1, 0.15) is 5.75 Å². The van der Waals surface area contributed by atoms with E-state index in [1.54, 1.807) is 7.11 Å². The predicted molar refractivity (Wildman–Crippen MR) is 136 cm³/mol. The largest absolute Gasteiger partial charge is 0.495 e. The lowest BCUT2D eigenvalue weighted by Gasteiger charge is -2.41. The van der Waals surface area contributed by atoms with Crippen LogP contribution in [0.15, 0.2) is 66.7 Å². The molecule has 174 valence electrons. The van der Waals surface area contributed by atoms with Crippen LogP contribution < -0.4 is 10.1 Å². The fraction of sp³-hybridized carbons (Fsp3) is 0.393. The first kappa shape index (κ1) is 23.3. The van der Waals surface area contributed by atoms with Crippen molar-refractivity contribution in [3.8, 4) is 5.75 Å². The van der Waals surface area contributed by atoms with Crippen LogP contribution in [-0.2, 0) is 11.3 Å². The summed E-state index contributed by atoms with van der Waals surface area (Å²) in [6.07, 6.45) is 2.51. The van der Waals surface area contributed by atoms with E-state index in [1.165, 1.54) is 16.3 Å². The number of hydrogen-bond donors (Lipinski definition) is 1. The lowest BCUT2D eigenvalue weighted by atomic mass is 9.87. The van der Waals surface area contributed by atoms with Crippen LogP contribution in [0, 0.1) is 5.92 Å². The Morgan fingerprint density at radius 3 is 2.61 bits per heavy atom. The average Bonchev–Trinajstić information content (AvgIpc) is 2.83. The normalized spacial score (nSPS) is 19.0. The van der Waals surface area contributed by atoms with Gasteiger partial charge >= 0.3 is 0 Å². The number of hydrogen-bond acceptors (Lipinski definition) is 4. The Labute approximate surface area is 197 Å². The molecular weight excluding hydrogens is 410 g/mol. The van der Waals surface area contributed by atoms with Crippen molar-refractivity contribution in [1.82, 2.24) is 9.80 Å². The highest BCUT2D eigenvalue weighted by Gasteiger charge is 2.31. The van der Waals surface area contributed by atoms with Crippen LogP contribution in [0.2, 0.25) is 0 Å². The van der Waals surface area contributed by atoms with Gasteiger partial charge in [-0.3, -0.25) is 9.69 Å². The van der Waals surface area contributed by atoms with Crippen LogP contribution in [0.1, 0.15) is 24.8 Å². The van der Waals surface area contributed by atoms with Gasteiger partial charge in [-0.05, 0) is 73.9 Å². The van der Waals surface area contributed by atoms with Gasteiger partial charge in [0.15, 0.2) is 0 Å². The zero-order valence-corrected chi connectivity index (χ0v) is 20.0. The molecule has 0 radical (unpaired) electrons. The molecule has 5 heteroatoms. The van der Waals surface area contributed by atoms with E-state index in [2.05, 4.69) is 71.7 Å². The number of rotatable bonds is 8. The molecule has 1 amide bonds. The van der Waals surface area contributed by atoms with Gasteiger partial charge in [0, 0.05) is 25.6 Å². The number of carbonyl (C=O) groups is 1. The molecule has 1 saturated heterocycles. The summed E-state index contributed by atoms with van der Waals surface area (Å²) in [4.78, 5) is 17.6. The number of ether oxygens (including phenoxy) is 1. The summed E-state index contributed by atoms with van der Waals surface area (Å²) in [5.41, 5.74) is 2.08. The minimum atomic E-state index is 0.0451. The molecule has 1 N–H and O–H groups in total. The summed E-state index contributed by atoms with van der Waals surface area (Å²) >= 11 is 0. The first-order valence-corrected chi connectivity index (χ1v) is 11.8. The van der Waals surface area contributed by atoms with Crippen LogP contribution in [0.5, 0.6) is 5.75 Å². The van der Waals surface area contributed by atoms with Gasteiger partial charge in [-0.25, -0.2) is 0 Å². The molecule has 5 nitrogen and oxygen atoms in total. The van der Waals surface area contributed by atoms with E-state index in [-0.39, 0.29) is 5.91 Å². The third kappa shape index (κ3) is 5.92. The van der Waals surface area contributed by atoms with Gasteiger partial charge in [0.25, 0.3) is 0 Å². The average molecular weight is 446 g/mol. The standard InChI is InChI=1S/C28H35N3O2/c1-30(2)26-16-17-31(19-21-12-13-22-8-4-5-9-23(22)18-21)20-24(26)14-15-28(32)29-25-10-6-7-11-27(25)33-3/h4-13,18,24,26H,14-17,19-20H2,1-3H3,(H,29,32)/t24-,26+/m0/s1. The number of nitrogens with one attached hydrogen (secondary N) is 1. The summed E-state index contributed by atoms with van der Waals surface area (Å²) in [5, 5.41) is 5.60. The lowest BCUT2D eigenvalue weighted by molar-refractivity contribution is -0.116. The third-order valence-electron chi connectivity index (χ3n) is 6.78. The fourth-order valence-electron chi connectivity index (χ4n) is 5.07. The zero-order chi connectivity index (χ0) is 23.2. The number of fused-ring (bicyclic) bond motifs is 1. The van der Waals surface area contributed by atoms with Gasteiger partial charge in [-0.2, -0.15) is 0 Å². The van der Waals surface area contributed by atoms with E-state index in [0.717, 1.165) is 38.2 Å². The van der Waals surface area contributed by atoms with Crippen LogP contribution in [0.25, 0.3) is 10.8 Å². The highest BCUT2D eigenvalue weighted by molar-refractivity contribution is 5.92. The van der Waals surface area contributed by atoms with Gasteiger partial charge in [-0.15, -0.1) is 0 Å². The molecule has 3 aromatic carbocycles. The SMILES string of the molecule is COc1ccccc1NC(=O)CC[C@H]1CN(Cc2ccc3ccccc3c2)CC[C@H]1N(C)C. The van der Waals surface area contributed by atoms with Crippen molar-refractivity contribution in [2.45, 2.75) is 31.8 Å². The smallest absolute Gasteiger partial charge is 0.224 e. The molecule has 33 heavy (non-hydrogen) atoms. The van der Waals surface area contributed by atoms with E-state index in [9.17, 15) is 4.79 Å². The molecule has 3 aromatic rings. The number of methoxy groups -OCH3 is 1. The molecule has 0 aliphatic carbocycles. The number of likely N-dealkylation sites (tertiary alicyclic amines) is 1. The molecule has 0 unspecified atom stereocenters. The number of anilines is 1. The first-order chi connectivity index (χ1) is 16.0. The Morgan fingerprint density at radius 2 is 1.82 bits per heavy atom. The Bertz CT molecular complexity index is 1080. The summed E-state index contributed by atoms with van der Waals surface area (Å²) in [6, 6.07) is 23.4. The molecular formula is C28H35N3O2. The van der Waals surface area contributed by atoms with Crippen LogP contribution >= 0.6 is 0 Å². The monoisotopic (exact) mass is 445 g/mol. The van der Waals surface area contributed by atoms with Gasteiger partial charge in [0.05, 0.1) is 12.8 Å². The Hall–Kier alpha value is -2.89. The van der Waals surface area contributed by atoms with E-state index in [4.69, 9.17) is 4.74 Å². The molecule has 1 heterocycles. The number of carbonyl (C=O) groups excluding carboxylic acids is 1. The Kier molecular flexibility index (Phi) is 7.63. The second-order valence-electron chi connectivity index (χ2n) is 9.28. The van der Waals surface area contributed by atoms with E-state index < -0.39 is 0 Å².